The molecule has 10 nitrogen and oxygen atoms in total. The number of benzene rings is 3. The molecule has 4 unspecified atom stereocenters. The first-order chi connectivity index (χ1) is 19.5. The lowest BCUT2D eigenvalue weighted by atomic mass is 9.69. The fraction of sp³-hybridized carbons (Fsp3) is 0.241. The van der Waals surface area contributed by atoms with E-state index in [-0.39, 0.29) is 34.7 Å². The number of fused-ring (bicyclic) bond motifs is 2. The Labute approximate surface area is 244 Å². The summed E-state index contributed by atoms with van der Waals surface area (Å²) in [6, 6.07) is 14.2. The number of carbonyl (C=O) groups is 4. The monoisotopic (exact) mass is 595 g/mol. The van der Waals surface area contributed by atoms with E-state index in [0.29, 0.717) is 10.0 Å². The third-order valence-corrected chi connectivity index (χ3v) is 8.22. The summed E-state index contributed by atoms with van der Waals surface area (Å²) in [5.41, 5.74) is -1.67. The van der Waals surface area contributed by atoms with Crippen LogP contribution in [0.1, 0.15) is 33.2 Å². The highest BCUT2D eigenvalue weighted by Gasteiger charge is 2.70. The first-order valence-corrected chi connectivity index (χ1v) is 13.4. The van der Waals surface area contributed by atoms with Crippen molar-refractivity contribution in [1.82, 2.24) is 4.90 Å². The number of ketones is 2. The smallest absolute Gasteiger partial charge is 0.324 e. The fourth-order valence-electron chi connectivity index (χ4n) is 5.97. The van der Waals surface area contributed by atoms with Crippen LogP contribution >= 0.6 is 23.2 Å². The predicted octanol–water partition coefficient (Wildman–Crippen LogP) is 4.92. The van der Waals surface area contributed by atoms with Gasteiger partial charge in [-0.1, -0.05) is 23.2 Å². The number of likely N-dealkylation sites (tertiary alicyclic amines) is 1. The second-order valence-corrected chi connectivity index (χ2v) is 10.6. The molecule has 1 spiro atoms. The Morgan fingerprint density at radius 1 is 0.976 bits per heavy atom. The van der Waals surface area contributed by atoms with Crippen LogP contribution in [0, 0.1) is 22.0 Å². The number of nitrogens with one attached hydrogen (secondary N) is 1. The molecule has 2 heterocycles. The fourth-order valence-corrected chi connectivity index (χ4v) is 6.22. The number of carbonyl (C=O) groups excluding carboxylic acids is 4. The number of amides is 1. The number of anilines is 1. The summed E-state index contributed by atoms with van der Waals surface area (Å²) < 4.78 is 5.35. The minimum absolute atomic E-state index is 0.0257. The summed E-state index contributed by atoms with van der Waals surface area (Å²) in [5.74, 6) is -5.65. The number of nitro groups is 1. The van der Waals surface area contributed by atoms with Gasteiger partial charge in [-0.2, -0.15) is 0 Å². The third kappa shape index (κ3) is 4.48. The molecule has 3 aromatic carbocycles. The van der Waals surface area contributed by atoms with Gasteiger partial charge in [0.15, 0.2) is 11.6 Å². The molecule has 0 bridgehead atoms. The van der Waals surface area contributed by atoms with Crippen molar-refractivity contribution in [3.8, 4) is 0 Å². The molecule has 3 aromatic rings. The van der Waals surface area contributed by atoms with Gasteiger partial charge in [-0.05, 0) is 68.6 Å². The standard InChI is InChI=1S/C29H23Cl2N3O7/c1-3-41-27(37)24-22(25(35)15-4-8-17(30)9-5-15)23(26(36)16-6-10-18(31)11-7-16)29(33(24)2)20-14-19(34(39)40)12-13-21(20)32-28(29)38/h4-14,22-24H,3H2,1-2H3,(H,32,38). The lowest BCUT2D eigenvalue weighted by Gasteiger charge is -2.35. The average Bonchev–Trinajstić information content (AvgIpc) is 3.39. The Morgan fingerprint density at radius 3 is 2.07 bits per heavy atom. The van der Waals surface area contributed by atoms with Crippen molar-refractivity contribution in [2.45, 2.75) is 18.5 Å². The van der Waals surface area contributed by atoms with E-state index in [0.717, 1.165) is 0 Å². The van der Waals surface area contributed by atoms with Crippen LogP contribution in [0.25, 0.3) is 0 Å². The van der Waals surface area contributed by atoms with Crippen LogP contribution in [0.5, 0.6) is 0 Å². The molecule has 5 rings (SSSR count). The highest BCUT2D eigenvalue weighted by Crippen LogP contribution is 2.56. The molecule has 12 heteroatoms. The first-order valence-electron chi connectivity index (χ1n) is 12.6. The van der Waals surface area contributed by atoms with E-state index in [2.05, 4.69) is 5.32 Å². The van der Waals surface area contributed by atoms with Crippen molar-refractivity contribution in [3.63, 3.8) is 0 Å². The molecule has 0 saturated carbocycles. The van der Waals surface area contributed by atoms with E-state index in [9.17, 15) is 29.3 Å². The van der Waals surface area contributed by atoms with Gasteiger partial charge in [-0.25, -0.2) is 0 Å². The molecule has 0 aromatic heterocycles. The van der Waals surface area contributed by atoms with Crippen LogP contribution in [0.4, 0.5) is 11.4 Å². The van der Waals surface area contributed by atoms with Crippen LogP contribution in [0.3, 0.4) is 0 Å². The quantitative estimate of drug-likeness (QED) is 0.176. The molecule has 4 atom stereocenters. The molecule has 1 N–H and O–H groups in total. The molecule has 1 amide bonds. The minimum Gasteiger partial charge on any atom is -0.465 e. The summed E-state index contributed by atoms with van der Waals surface area (Å²) in [7, 11) is 1.44. The number of likely N-dealkylation sites (N-methyl/N-ethyl adjacent to an activating group) is 1. The van der Waals surface area contributed by atoms with E-state index < -0.39 is 51.8 Å². The van der Waals surface area contributed by atoms with E-state index in [1.165, 1.54) is 78.7 Å². The molecule has 1 saturated heterocycles. The summed E-state index contributed by atoms with van der Waals surface area (Å²) in [4.78, 5) is 68.8. The largest absolute Gasteiger partial charge is 0.465 e. The van der Waals surface area contributed by atoms with Gasteiger partial charge in [-0.15, -0.1) is 0 Å². The second kappa shape index (κ2) is 10.7. The Hall–Kier alpha value is -4.12. The molecular weight excluding hydrogens is 573 g/mol. The number of hydrogen-bond donors (Lipinski definition) is 1. The van der Waals surface area contributed by atoms with Crippen molar-refractivity contribution in [2.24, 2.45) is 11.8 Å². The van der Waals surface area contributed by atoms with Crippen LogP contribution in [0.2, 0.25) is 10.0 Å². The van der Waals surface area contributed by atoms with E-state index in [1.54, 1.807) is 6.92 Å². The number of Topliss-reactive ketones (excluding diaryl/α,β-unsaturated/α-hetero) is 2. The molecule has 0 aliphatic carbocycles. The zero-order chi connectivity index (χ0) is 29.6. The summed E-state index contributed by atoms with van der Waals surface area (Å²) >= 11 is 12.1. The zero-order valence-electron chi connectivity index (χ0n) is 21.8. The maximum atomic E-state index is 14.5. The number of halogens is 2. The molecule has 2 aliphatic heterocycles. The van der Waals surface area contributed by atoms with Crippen molar-refractivity contribution in [2.75, 3.05) is 19.0 Å². The Kier molecular flexibility index (Phi) is 7.41. The second-order valence-electron chi connectivity index (χ2n) is 9.76. The van der Waals surface area contributed by atoms with E-state index in [1.807, 2.05) is 0 Å². The minimum atomic E-state index is -1.97. The van der Waals surface area contributed by atoms with Crippen LogP contribution in [-0.2, 0) is 19.9 Å². The van der Waals surface area contributed by atoms with Crippen LogP contribution in [-0.4, -0.2) is 53.0 Å². The number of rotatable bonds is 7. The van der Waals surface area contributed by atoms with Gasteiger partial charge in [-0.3, -0.25) is 34.2 Å². The number of nitro benzene ring substituents is 1. The molecule has 210 valence electrons. The normalized spacial score (nSPS) is 23.2. The van der Waals surface area contributed by atoms with Gasteiger partial charge in [0.25, 0.3) is 5.69 Å². The van der Waals surface area contributed by atoms with Crippen LogP contribution in [0.15, 0.2) is 66.7 Å². The summed E-state index contributed by atoms with van der Waals surface area (Å²) in [6.07, 6.45) is 0. The van der Waals surface area contributed by atoms with Crippen molar-refractivity contribution in [3.05, 3.63) is 104 Å². The molecular formula is C29H23Cl2N3O7. The lowest BCUT2D eigenvalue weighted by Crippen LogP contribution is -2.53. The molecule has 2 aliphatic rings. The highest BCUT2D eigenvalue weighted by atomic mass is 35.5. The number of non-ortho nitro benzene ring substituents is 1. The lowest BCUT2D eigenvalue weighted by molar-refractivity contribution is -0.384. The van der Waals surface area contributed by atoms with Gasteiger partial charge in [0.1, 0.15) is 11.6 Å². The van der Waals surface area contributed by atoms with Gasteiger partial charge in [0.05, 0.1) is 23.4 Å². The topological polar surface area (TPSA) is 136 Å². The molecule has 0 radical (unpaired) electrons. The maximum Gasteiger partial charge on any atom is 0.324 e. The predicted molar refractivity (Wildman–Crippen MR) is 150 cm³/mol. The van der Waals surface area contributed by atoms with E-state index >= 15 is 0 Å². The number of ether oxygens (including phenoxy) is 1. The van der Waals surface area contributed by atoms with Crippen molar-refractivity contribution >= 4 is 58.0 Å². The molecule has 1 fully saturated rings. The Bertz CT molecular complexity index is 1590. The first kappa shape index (κ1) is 28.4. The zero-order valence-corrected chi connectivity index (χ0v) is 23.3. The van der Waals surface area contributed by atoms with Crippen LogP contribution < -0.4 is 5.32 Å². The number of nitrogens with zero attached hydrogens (tertiary/aromatic N) is 2. The Morgan fingerprint density at radius 2 is 1.54 bits per heavy atom. The average molecular weight is 596 g/mol. The SMILES string of the molecule is CCOC(=O)C1C(C(=O)c2ccc(Cl)cc2)C(C(=O)c2ccc(Cl)cc2)C2(C(=O)Nc3ccc([N+](=O)[O-])cc32)N1C. The van der Waals surface area contributed by atoms with Gasteiger partial charge < -0.3 is 10.1 Å². The summed E-state index contributed by atoms with van der Waals surface area (Å²) in [6.45, 7) is 1.57. The number of esters is 1. The van der Waals surface area contributed by atoms with Gasteiger partial charge >= 0.3 is 5.97 Å². The third-order valence-electron chi connectivity index (χ3n) is 7.71. The van der Waals surface area contributed by atoms with Crippen molar-refractivity contribution < 1.29 is 28.8 Å². The van der Waals surface area contributed by atoms with Gasteiger partial charge in [0, 0.05) is 44.6 Å². The highest BCUT2D eigenvalue weighted by molar-refractivity contribution is 6.31. The summed E-state index contributed by atoms with van der Waals surface area (Å²) in [5, 5.41) is 15.2. The van der Waals surface area contributed by atoms with Crippen molar-refractivity contribution in [1.29, 1.82) is 0 Å². The Balaban J connectivity index is 1.82. The van der Waals surface area contributed by atoms with E-state index in [4.69, 9.17) is 27.9 Å². The number of hydrogen-bond acceptors (Lipinski definition) is 8. The molecule has 41 heavy (non-hydrogen) atoms. The van der Waals surface area contributed by atoms with Gasteiger partial charge in [0.2, 0.25) is 5.91 Å². The maximum absolute atomic E-state index is 14.5.